The van der Waals surface area contributed by atoms with Gasteiger partial charge in [0.15, 0.2) is 9.84 Å². The average Bonchev–Trinajstić information content (AvgIpc) is 2.34. The van der Waals surface area contributed by atoms with Crippen LogP contribution in [-0.2, 0) is 9.84 Å². The number of rotatable bonds is 3. The maximum Gasteiger partial charge on any atom is 0.315 e. The van der Waals surface area contributed by atoms with E-state index in [-0.39, 0.29) is 36.8 Å². The summed E-state index contributed by atoms with van der Waals surface area (Å²) in [5.74, 6) is -2.47. The van der Waals surface area contributed by atoms with Gasteiger partial charge in [-0.15, -0.1) is 0 Å². The summed E-state index contributed by atoms with van der Waals surface area (Å²) in [6, 6.07) is -0.996. The zero-order valence-electron chi connectivity index (χ0n) is 11.9. The lowest BCUT2D eigenvalue weighted by molar-refractivity contribution is -0.0425. The van der Waals surface area contributed by atoms with Crippen LogP contribution in [0.15, 0.2) is 0 Å². The predicted octanol–water partition coefficient (Wildman–Crippen LogP) is 1.69. The van der Waals surface area contributed by atoms with Crippen molar-refractivity contribution in [3.05, 3.63) is 0 Å². The highest BCUT2D eigenvalue weighted by molar-refractivity contribution is 7.91. The minimum Gasteiger partial charge on any atom is -0.338 e. The van der Waals surface area contributed by atoms with Crippen molar-refractivity contribution in [2.45, 2.75) is 50.5 Å². The van der Waals surface area contributed by atoms with Crippen molar-refractivity contribution in [3.8, 4) is 0 Å². The molecule has 0 spiro atoms. The normalized spacial score (nSPS) is 31.3. The first-order valence-electron chi connectivity index (χ1n) is 7.38. The highest BCUT2D eigenvalue weighted by Crippen LogP contribution is 2.33. The van der Waals surface area contributed by atoms with Gasteiger partial charge in [0, 0.05) is 25.4 Å². The molecule has 0 bridgehead atoms. The Kier molecular flexibility index (Phi) is 5.06. The van der Waals surface area contributed by atoms with Crippen molar-refractivity contribution in [1.82, 2.24) is 10.6 Å². The van der Waals surface area contributed by atoms with Gasteiger partial charge in [-0.3, -0.25) is 0 Å². The first-order valence-corrected chi connectivity index (χ1v) is 9.20. The number of carbonyl (C=O) groups is 1. The Morgan fingerprint density at radius 3 is 2.67 bits per heavy atom. The summed E-state index contributed by atoms with van der Waals surface area (Å²) in [6.45, 7) is 0.272. The molecule has 2 N–H and O–H groups in total. The molecular weight excluding hydrogens is 302 g/mol. The number of hydrogen-bond acceptors (Lipinski definition) is 3. The molecule has 2 amide bonds. The Labute approximate surface area is 123 Å². The van der Waals surface area contributed by atoms with Gasteiger partial charge in [0.25, 0.3) is 0 Å². The summed E-state index contributed by atoms with van der Waals surface area (Å²) in [7, 11) is -2.99. The zero-order chi connectivity index (χ0) is 15.5. The minimum absolute atomic E-state index is 0.0812. The Balaban J connectivity index is 1.72. The van der Waals surface area contributed by atoms with Gasteiger partial charge in [-0.05, 0) is 31.6 Å². The Morgan fingerprint density at radius 1 is 1.24 bits per heavy atom. The third-order valence-electron chi connectivity index (χ3n) is 4.08. The van der Waals surface area contributed by atoms with Crippen molar-refractivity contribution < 1.29 is 22.0 Å². The van der Waals surface area contributed by atoms with Gasteiger partial charge < -0.3 is 10.6 Å². The van der Waals surface area contributed by atoms with Crippen LogP contribution in [0.25, 0.3) is 0 Å². The smallest absolute Gasteiger partial charge is 0.315 e. The van der Waals surface area contributed by atoms with Crippen LogP contribution in [0.1, 0.15) is 38.5 Å². The maximum absolute atomic E-state index is 13.2. The van der Waals surface area contributed by atoms with Crippen molar-refractivity contribution in [3.63, 3.8) is 0 Å². The molecule has 2 unspecified atom stereocenters. The maximum atomic E-state index is 13.2. The number of alkyl halides is 2. The third-order valence-corrected chi connectivity index (χ3v) is 5.97. The summed E-state index contributed by atoms with van der Waals surface area (Å²) in [5.41, 5.74) is 0. The third kappa shape index (κ3) is 5.41. The summed E-state index contributed by atoms with van der Waals surface area (Å²) in [5, 5.41) is 5.16. The lowest BCUT2D eigenvalue weighted by Crippen LogP contribution is -2.48. The van der Waals surface area contributed by atoms with E-state index < -0.39 is 27.8 Å². The Hall–Kier alpha value is -0.920. The number of hydrogen-bond donors (Lipinski definition) is 2. The summed E-state index contributed by atoms with van der Waals surface area (Å²) >= 11 is 0. The van der Waals surface area contributed by atoms with Gasteiger partial charge in [-0.2, -0.15) is 0 Å². The average molecular weight is 324 g/mol. The molecule has 2 atom stereocenters. The fourth-order valence-electron chi connectivity index (χ4n) is 3.05. The van der Waals surface area contributed by atoms with E-state index in [0.29, 0.717) is 19.3 Å². The molecule has 1 saturated heterocycles. The van der Waals surface area contributed by atoms with Gasteiger partial charge >= 0.3 is 6.03 Å². The van der Waals surface area contributed by atoms with E-state index in [2.05, 4.69) is 10.6 Å². The number of halogens is 2. The molecule has 0 radical (unpaired) electrons. The SMILES string of the molecule is O=C(NCC1CCCS(=O)(=O)C1)NC1CCCC(F)(F)C1. The molecule has 2 aliphatic rings. The number of sulfone groups is 1. The van der Waals surface area contributed by atoms with Gasteiger partial charge in [0.05, 0.1) is 11.5 Å². The van der Waals surface area contributed by atoms with E-state index in [0.717, 1.165) is 6.42 Å². The molecule has 5 nitrogen and oxygen atoms in total. The van der Waals surface area contributed by atoms with Gasteiger partial charge in [-0.1, -0.05) is 0 Å². The van der Waals surface area contributed by atoms with Gasteiger partial charge in [-0.25, -0.2) is 22.0 Å². The molecule has 1 saturated carbocycles. The number of carbonyl (C=O) groups excluding carboxylic acids is 1. The monoisotopic (exact) mass is 324 g/mol. The van der Waals surface area contributed by atoms with Crippen LogP contribution in [0.5, 0.6) is 0 Å². The molecule has 8 heteroatoms. The fourth-order valence-corrected chi connectivity index (χ4v) is 4.82. The first-order chi connectivity index (χ1) is 9.76. The van der Waals surface area contributed by atoms with E-state index in [9.17, 15) is 22.0 Å². The van der Waals surface area contributed by atoms with E-state index >= 15 is 0 Å². The summed E-state index contributed by atoms with van der Waals surface area (Å²) in [6.07, 6.45) is 1.90. The van der Waals surface area contributed by atoms with Crippen LogP contribution in [0.4, 0.5) is 13.6 Å². The molecular formula is C13H22F2N2O3S. The van der Waals surface area contributed by atoms with Crippen molar-refractivity contribution in [2.75, 3.05) is 18.1 Å². The standard InChI is InChI=1S/C13H22F2N2O3S/c14-13(15)5-1-4-11(7-13)17-12(18)16-8-10-3-2-6-21(19,20)9-10/h10-11H,1-9H2,(H2,16,17,18). The van der Waals surface area contributed by atoms with Crippen LogP contribution in [-0.4, -0.2) is 44.5 Å². The summed E-state index contributed by atoms with van der Waals surface area (Å²) < 4.78 is 49.4. The van der Waals surface area contributed by atoms with E-state index in [1.54, 1.807) is 0 Å². The molecule has 1 aliphatic heterocycles. The van der Waals surface area contributed by atoms with Crippen LogP contribution >= 0.6 is 0 Å². The topological polar surface area (TPSA) is 75.3 Å². The second-order valence-corrected chi connectivity index (χ2v) is 8.35. The van der Waals surface area contributed by atoms with Crippen LogP contribution in [0.2, 0.25) is 0 Å². The number of urea groups is 1. The quantitative estimate of drug-likeness (QED) is 0.829. The number of nitrogens with one attached hydrogen (secondary N) is 2. The van der Waals surface area contributed by atoms with Crippen LogP contribution in [0.3, 0.4) is 0 Å². The van der Waals surface area contributed by atoms with E-state index in [1.165, 1.54) is 0 Å². The molecule has 122 valence electrons. The van der Waals surface area contributed by atoms with Crippen molar-refractivity contribution in [1.29, 1.82) is 0 Å². The zero-order valence-corrected chi connectivity index (χ0v) is 12.7. The highest BCUT2D eigenvalue weighted by atomic mass is 32.2. The molecule has 21 heavy (non-hydrogen) atoms. The molecule has 0 aromatic heterocycles. The van der Waals surface area contributed by atoms with Crippen molar-refractivity contribution >= 4 is 15.9 Å². The molecule has 1 aliphatic carbocycles. The Bertz CT molecular complexity index is 482. The van der Waals surface area contributed by atoms with E-state index in [4.69, 9.17) is 0 Å². The lowest BCUT2D eigenvalue weighted by atomic mass is 9.92. The van der Waals surface area contributed by atoms with Crippen LogP contribution < -0.4 is 10.6 Å². The second-order valence-electron chi connectivity index (χ2n) is 6.13. The Morgan fingerprint density at radius 2 is 2.00 bits per heavy atom. The second kappa shape index (κ2) is 6.46. The molecule has 2 fully saturated rings. The minimum atomic E-state index is -2.99. The van der Waals surface area contributed by atoms with Crippen molar-refractivity contribution in [2.24, 2.45) is 5.92 Å². The summed E-state index contributed by atoms with van der Waals surface area (Å²) in [4.78, 5) is 11.7. The van der Waals surface area contributed by atoms with Crippen LogP contribution in [0, 0.1) is 5.92 Å². The molecule has 2 rings (SSSR count). The molecule has 1 heterocycles. The first kappa shape index (κ1) is 16.5. The largest absolute Gasteiger partial charge is 0.338 e. The van der Waals surface area contributed by atoms with E-state index in [1.807, 2.05) is 0 Å². The fraction of sp³-hybridized carbons (Fsp3) is 0.923. The molecule has 0 aromatic carbocycles. The number of amides is 2. The molecule has 0 aromatic rings. The highest BCUT2D eigenvalue weighted by Gasteiger charge is 2.36. The predicted molar refractivity (Wildman–Crippen MR) is 75.1 cm³/mol. The van der Waals surface area contributed by atoms with Gasteiger partial charge in [0.1, 0.15) is 0 Å². The lowest BCUT2D eigenvalue weighted by Gasteiger charge is -2.29. The van der Waals surface area contributed by atoms with Gasteiger partial charge in [0.2, 0.25) is 5.92 Å².